The van der Waals surface area contributed by atoms with Crippen molar-refractivity contribution in [1.29, 1.82) is 0 Å². The molecular weight excluding hydrogens is 122 g/mol. The van der Waals surface area contributed by atoms with Crippen LogP contribution >= 0.6 is 0 Å². The number of aromatic amines is 1. The zero-order valence-electron chi connectivity index (χ0n) is 4.88. The van der Waals surface area contributed by atoms with Crippen LogP contribution in [0.3, 0.4) is 0 Å². The lowest BCUT2D eigenvalue weighted by atomic mass is 10.9. The standard InChI is InChI=1S/C4H7N3O2/c1-5-7-2-3(8)6-4(7)9/h2,5,8H,1H3,(H,6,9). The molecule has 0 fully saturated rings. The first-order valence-electron chi connectivity index (χ1n) is 2.42. The highest BCUT2D eigenvalue weighted by Gasteiger charge is 1.95. The molecule has 50 valence electrons. The molecule has 0 aliphatic carbocycles. The summed E-state index contributed by atoms with van der Waals surface area (Å²) in [5.74, 6) is -0.144. The molecule has 0 saturated carbocycles. The van der Waals surface area contributed by atoms with E-state index < -0.39 is 0 Å². The number of nitrogens with one attached hydrogen (secondary N) is 2. The molecule has 0 unspecified atom stereocenters. The van der Waals surface area contributed by atoms with E-state index in [1.54, 1.807) is 7.05 Å². The zero-order chi connectivity index (χ0) is 6.85. The van der Waals surface area contributed by atoms with Gasteiger partial charge in [0.2, 0.25) is 5.88 Å². The van der Waals surface area contributed by atoms with Gasteiger partial charge < -0.3 is 10.5 Å². The minimum atomic E-state index is -0.380. The van der Waals surface area contributed by atoms with Crippen LogP contribution in [0.4, 0.5) is 0 Å². The fourth-order valence-electron chi connectivity index (χ4n) is 0.549. The molecule has 0 saturated heterocycles. The van der Waals surface area contributed by atoms with Crippen molar-refractivity contribution in [3.63, 3.8) is 0 Å². The molecule has 9 heavy (non-hydrogen) atoms. The summed E-state index contributed by atoms with van der Waals surface area (Å²) < 4.78 is 1.13. The molecule has 0 amide bonds. The van der Waals surface area contributed by atoms with Crippen LogP contribution in [0, 0.1) is 0 Å². The number of hydrogen-bond donors (Lipinski definition) is 3. The van der Waals surface area contributed by atoms with Crippen molar-refractivity contribution in [2.75, 3.05) is 12.5 Å². The fourth-order valence-corrected chi connectivity index (χ4v) is 0.549. The Hall–Kier alpha value is -1.39. The van der Waals surface area contributed by atoms with E-state index in [-0.39, 0.29) is 11.6 Å². The summed E-state index contributed by atoms with van der Waals surface area (Å²) in [5, 5.41) is 8.65. The monoisotopic (exact) mass is 129 g/mol. The van der Waals surface area contributed by atoms with Crippen molar-refractivity contribution in [3.05, 3.63) is 16.7 Å². The van der Waals surface area contributed by atoms with Gasteiger partial charge in [-0.1, -0.05) is 0 Å². The number of hydrogen-bond acceptors (Lipinski definition) is 3. The highest BCUT2D eigenvalue weighted by Crippen LogP contribution is 1.93. The Morgan fingerprint density at radius 2 is 2.56 bits per heavy atom. The summed E-state index contributed by atoms with van der Waals surface area (Å²) >= 11 is 0. The molecule has 0 bridgehead atoms. The molecule has 5 heteroatoms. The van der Waals surface area contributed by atoms with Gasteiger partial charge in [-0.25, -0.2) is 9.47 Å². The van der Waals surface area contributed by atoms with E-state index in [0.717, 1.165) is 4.68 Å². The summed E-state index contributed by atoms with van der Waals surface area (Å²) in [7, 11) is 1.58. The molecule has 1 heterocycles. The maximum absolute atomic E-state index is 10.6. The highest BCUT2D eigenvalue weighted by atomic mass is 16.3. The topological polar surface area (TPSA) is 70.0 Å². The normalized spacial score (nSPS) is 9.44. The van der Waals surface area contributed by atoms with E-state index in [2.05, 4.69) is 10.4 Å². The lowest BCUT2D eigenvalue weighted by Gasteiger charge is -1.92. The second kappa shape index (κ2) is 1.85. The van der Waals surface area contributed by atoms with Gasteiger partial charge >= 0.3 is 5.69 Å². The molecule has 3 N–H and O–H groups in total. The smallest absolute Gasteiger partial charge is 0.346 e. The third-order valence-corrected chi connectivity index (χ3v) is 0.946. The van der Waals surface area contributed by atoms with Crippen molar-refractivity contribution < 1.29 is 5.11 Å². The predicted molar refractivity (Wildman–Crippen MR) is 32.0 cm³/mol. The van der Waals surface area contributed by atoms with Crippen LogP contribution in [0.25, 0.3) is 0 Å². The van der Waals surface area contributed by atoms with Gasteiger partial charge in [0.15, 0.2) is 0 Å². The molecule has 0 spiro atoms. The number of rotatable bonds is 1. The Balaban J connectivity index is 3.16. The maximum atomic E-state index is 10.6. The second-order valence-electron chi connectivity index (χ2n) is 1.54. The van der Waals surface area contributed by atoms with Crippen molar-refractivity contribution in [2.24, 2.45) is 0 Å². The largest absolute Gasteiger partial charge is 0.493 e. The van der Waals surface area contributed by atoms with E-state index in [4.69, 9.17) is 5.11 Å². The molecule has 0 aliphatic rings. The van der Waals surface area contributed by atoms with E-state index >= 15 is 0 Å². The maximum Gasteiger partial charge on any atom is 0.346 e. The molecule has 1 aromatic heterocycles. The van der Waals surface area contributed by atoms with Crippen LogP contribution in [-0.2, 0) is 0 Å². The second-order valence-corrected chi connectivity index (χ2v) is 1.54. The molecule has 5 nitrogen and oxygen atoms in total. The summed E-state index contributed by atoms with van der Waals surface area (Å²) in [6.07, 6.45) is 1.25. The molecule has 0 aliphatic heterocycles. The third kappa shape index (κ3) is 0.883. The number of aromatic nitrogens is 2. The fraction of sp³-hybridized carbons (Fsp3) is 0.250. The van der Waals surface area contributed by atoms with Gasteiger partial charge in [0, 0.05) is 7.05 Å². The lowest BCUT2D eigenvalue weighted by molar-refractivity contribution is 0.455. The predicted octanol–water partition coefficient (Wildman–Crippen LogP) is -0.945. The van der Waals surface area contributed by atoms with Crippen LogP contribution in [0.5, 0.6) is 5.88 Å². The first-order valence-corrected chi connectivity index (χ1v) is 2.42. The highest BCUT2D eigenvalue weighted by molar-refractivity contribution is 5.01. The Labute approximate surface area is 50.9 Å². The lowest BCUT2D eigenvalue weighted by Crippen LogP contribution is -2.22. The summed E-state index contributed by atoms with van der Waals surface area (Å²) in [6.45, 7) is 0. The quantitative estimate of drug-likeness (QED) is 0.458. The van der Waals surface area contributed by atoms with Crippen molar-refractivity contribution >= 4 is 0 Å². The van der Waals surface area contributed by atoms with Crippen LogP contribution in [0.2, 0.25) is 0 Å². The van der Waals surface area contributed by atoms with Crippen molar-refractivity contribution in [2.45, 2.75) is 0 Å². The summed E-state index contributed by atoms with van der Waals surface area (Å²) in [4.78, 5) is 12.7. The molecule has 1 rings (SSSR count). The van der Waals surface area contributed by atoms with E-state index in [1.165, 1.54) is 6.20 Å². The van der Waals surface area contributed by atoms with Gasteiger partial charge in [-0.05, 0) is 0 Å². The molecule has 0 atom stereocenters. The number of H-pyrrole nitrogens is 1. The molecular formula is C4H7N3O2. The number of imidazole rings is 1. The Kier molecular flexibility index (Phi) is 1.18. The summed E-state index contributed by atoms with van der Waals surface area (Å²) in [5.41, 5.74) is 2.15. The van der Waals surface area contributed by atoms with Gasteiger partial charge in [-0.3, -0.25) is 4.98 Å². The van der Waals surface area contributed by atoms with Crippen LogP contribution < -0.4 is 11.1 Å². The molecule has 0 aromatic carbocycles. The van der Waals surface area contributed by atoms with E-state index in [1.807, 2.05) is 0 Å². The zero-order valence-corrected chi connectivity index (χ0v) is 4.88. The Morgan fingerprint density at radius 3 is 2.78 bits per heavy atom. The average Bonchev–Trinajstić information content (AvgIpc) is 2.10. The summed E-state index contributed by atoms with van der Waals surface area (Å²) in [6, 6.07) is 0. The van der Waals surface area contributed by atoms with Gasteiger partial charge in [0.05, 0.1) is 6.20 Å². The van der Waals surface area contributed by atoms with Crippen molar-refractivity contribution in [1.82, 2.24) is 9.66 Å². The van der Waals surface area contributed by atoms with Gasteiger partial charge in [-0.15, -0.1) is 0 Å². The van der Waals surface area contributed by atoms with Crippen LogP contribution in [0.1, 0.15) is 0 Å². The third-order valence-electron chi connectivity index (χ3n) is 0.946. The van der Waals surface area contributed by atoms with Crippen LogP contribution in [0.15, 0.2) is 11.0 Å². The first-order chi connectivity index (χ1) is 4.24. The SMILES string of the molecule is CNn1cc(O)[nH]c1=O. The van der Waals surface area contributed by atoms with Gasteiger partial charge in [-0.2, -0.15) is 0 Å². The number of nitrogens with zero attached hydrogens (tertiary/aromatic N) is 1. The van der Waals surface area contributed by atoms with Gasteiger partial charge in [0.25, 0.3) is 0 Å². The molecule has 1 aromatic rings. The van der Waals surface area contributed by atoms with E-state index in [9.17, 15) is 4.79 Å². The van der Waals surface area contributed by atoms with Gasteiger partial charge in [0.1, 0.15) is 0 Å². The minimum Gasteiger partial charge on any atom is -0.493 e. The van der Waals surface area contributed by atoms with Crippen molar-refractivity contribution in [3.8, 4) is 5.88 Å². The Bertz CT molecular complexity index is 249. The number of aromatic hydroxyl groups is 1. The first kappa shape index (κ1) is 5.74. The van der Waals surface area contributed by atoms with E-state index in [0.29, 0.717) is 0 Å². The molecule has 0 radical (unpaired) electrons. The Morgan fingerprint density at radius 1 is 1.89 bits per heavy atom. The minimum absolute atomic E-state index is 0.144. The van der Waals surface area contributed by atoms with Crippen LogP contribution in [-0.4, -0.2) is 21.8 Å². The average molecular weight is 129 g/mol.